The van der Waals surface area contributed by atoms with Crippen LogP contribution in [0.25, 0.3) is 0 Å². The van der Waals surface area contributed by atoms with Crippen LogP contribution in [0, 0.1) is 11.8 Å². The zero-order chi connectivity index (χ0) is 15.1. The number of nitrogens with one attached hydrogen (secondary N) is 1. The van der Waals surface area contributed by atoms with Gasteiger partial charge in [0.05, 0.1) is 4.90 Å². The van der Waals surface area contributed by atoms with Crippen LogP contribution in [0.15, 0.2) is 22.0 Å². The normalized spacial score (nSPS) is 28.5. The SMILES string of the molecule is CC1CC(C)C(C)N(S(=O)(=O)c2c[nH]c(=O)c(Cl)c2)C1. The van der Waals surface area contributed by atoms with Gasteiger partial charge in [0.15, 0.2) is 0 Å². The highest BCUT2D eigenvalue weighted by Crippen LogP contribution is 2.31. The first kappa shape index (κ1) is 15.5. The Morgan fingerprint density at radius 1 is 1.35 bits per heavy atom. The van der Waals surface area contributed by atoms with E-state index >= 15 is 0 Å². The molecule has 0 spiro atoms. The predicted molar refractivity (Wildman–Crippen MR) is 78.4 cm³/mol. The maximum atomic E-state index is 12.7. The molecule has 1 aromatic rings. The molecule has 0 bridgehead atoms. The van der Waals surface area contributed by atoms with Crippen LogP contribution in [0.4, 0.5) is 0 Å². The lowest BCUT2D eigenvalue weighted by atomic mass is 9.88. The average Bonchev–Trinajstić information content (AvgIpc) is 2.36. The van der Waals surface area contributed by atoms with Gasteiger partial charge in [-0.15, -0.1) is 0 Å². The third-order valence-electron chi connectivity index (χ3n) is 3.98. The molecular formula is C13H19ClN2O3S. The van der Waals surface area contributed by atoms with Crippen LogP contribution in [0.1, 0.15) is 27.2 Å². The van der Waals surface area contributed by atoms with E-state index in [0.717, 1.165) is 6.42 Å². The van der Waals surface area contributed by atoms with E-state index in [4.69, 9.17) is 11.6 Å². The molecule has 3 atom stereocenters. The van der Waals surface area contributed by atoms with Gasteiger partial charge in [0.25, 0.3) is 5.56 Å². The smallest absolute Gasteiger partial charge is 0.266 e. The summed E-state index contributed by atoms with van der Waals surface area (Å²) in [6, 6.07) is 1.15. The summed E-state index contributed by atoms with van der Waals surface area (Å²) in [7, 11) is -3.64. The molecule has 2 rings (SSSR count). The second-order valence-electron chi connectivity index (χ2n) is 5.65. The molecule has 0 amide bonds. The predicted octanol–water partition coefficient (Wildman–Crippen LogP) is 2.08. The highest BCUT2D eigenvalue weighted by Gasteiger charge is 2.37. The van der Waals surface area contributed by atoms with E-state index in [1.807, 2.05) is 13.8 Å². The average molecular weight is 319 g/mol. The Bertz CT molecular complexity index is 656. The number of pyridine rings is 1. The zero-order valence-corrected chi connectivity index (χ0v) is 13.3. The number of rotatable bonds is 2. The molecule has 0 aliphatic carbocycles. The number of H-pyrrole nitrogens is 1. The van der Waals surface area contributed by atoms with Gasteiger partial charge in [0.2, 0.25) is 10.0 Å². The third-order valence-corrected chi connectivity index (χ3v) is 6.19. The van der Waals surface area contributed by atoms with Crippen molar-refractivity contribution in [3.05, 3.63) is 27.6 Å². The van der Waals surface area contributed by atoms with E-state index in [9.17, 15) is 13.2 Å². The first-order chi connectivity index (χ1) is 9.23. The van der Waals surface area contributed by atoms with Crippen molar-refractivity contribution in [2.24, 2.45) is 11.8 Å². The topological polar surface area (TPSA) is 70.2 Å². The first-order valence-electron chi connectivity index (χ1n) is 6.63. The number of sulfonamides is 1. The summed E-state index contributed by atoms with van der Waals surface area (Å²) >= 11 is 5.73. The van der Waals surface area contributed by atoms with Crippen LogP contribution < -0.4 is 5.56 Å². The van der Waals surface area contributed by atoms with Crippen LogP contribution in [-0.2, 0) is 10.0 Å². The van der Waals surface area contributed by atoms with Gasteiger partial charge in [0.1, 0.15) is 5.02 Å². The number of piperidine rings is 1. The highest BCUT2D eigenvalue weighted by molar-refractivity contribution is 7.89. The maximum absolute atomic E-state index is 12.7. The fourth-order valence-corrected chi connectivity index (χ4v) is 4.78. The molecule has 0 aromatic carbocycles. The molecule has 1 aliphatic heterocycles. The fraction of sp³-hybridized carbons (Fsp3) is 0.615. The van der Waals surface area contributed by atoms with Gasteiger partial charge in [-0.25, -0.2) is 8.42 Å². The number of halogens is 1. The summed E-state index contributed by atoms with van der Waals surface area (Å²) in [4.78, 5) is 13.6. The van der Waals surface area contributed by atoms with Crippen molar-refractivity contribution >= 4 is 21.6 Å². The molecule has 1 N–H and O–H groups in total. The van der Waals surface area contributed by atoms with Crippen molar-refractivity contribution in [3.63, 3.8) is 0 Å². The Kier molecular flexibility index (Phi) is 4.27. The Morgan fingerprint density at radius 3 is 2.60 bits per heavy atom. The Balaban J connectivity index is 2.43. The number of hydrogen-bond acceptors (Lipinski definition) is 3. The number of nitrogens with zero attached hydrogens (tertiary/aromatic N) is 1. The summed E-state index contributed by atoms with van der Waals surface area (Å²) in [6.07, 6.45) is 2.22. The van der Waals surface area contributed by atoms with Gasteiger partial charge in [-0.05, 0) is 31.2 Å². The molecule has 7 heteroatoms. The molecule has 1 aliphatic rings. The van der Waals surface area contributed by atoms with E-state index in [0.29, 0.717) is 18.4 Å². The minimum atomic E-state index is -3.64. The van der Waals surface area contributed by atoms with Gasteiger partial charge < -0.3 is 4.98 Å². The molecule has 1 saturated heterocycles. The fourth-order valence-electron chi connectivity index (χ4n) is 2.70. The lowest BCUT2D eigenvalue weighted by Gasteiger charge is -2.39. The van der Waals surface area contributed by atoms with Gasteiger partial charge in [-0.1, -0.05) is 25.4 Å². The molecule has 1 fully saturated rings. The van der Waals surface area contributed by atoms with Crippen molar-refractivity contribution in [2.45, 2.75) is 38.1 Å². The Morgan fingerprint density at radius 2 is 2.00 bits per heavy atom. The third kappa shape index (κ3) is 2.77. The summed E-state index contributed by atoms with van der Waals surface area (Å²) in [5.74, 6) is 0.612. The maximum Gasteiger partial charge on any atom is 0.266 e. The zero-order valence-electron chi connectivity index (χ0n) is 11.8. The molecule has 112 valence electrons. The van der Waals surface area contributed by atoms with E-state index in [1.165, 1.54) is 16.6 Å². The van der Waals surface area contributed by atoms with Crippen LogP contribution in [-0.4, -0.2) is 30.3 Å². The van der Waals surface area contributed by atoms with Gasteiger partial charge in [0, 0.05) is 18.8 Å². The van der Waals surface area contributed by atoms with Crippen LogP contribution >= 0.6 is 11.6 Å². The first-order valence-corrected chi connectivity index (χ1v) is 8.45. The molecule has 0 saturated carbocycles. The molecule has 0 radical (unpaired) electrons. The standard InChI is InChI=1S/C13H19ClN2O3S/c1-8-4-9(2)10(3)16(7-8)20(18,19)11-5-12(14)13(17)15-6-11/h5-6,8-10H,4,7H2,1-3H3,(H,15,17). The summed E-state index contributed by atoms with van der Waals surface area (Å²) in [6.45, 7) is 6.51. The summed E-state index contributed by atoms with van der Waals surface area (Å²) in [5.41, 5.74) is -0.487. The van der Waals surface area contributed by atoms with Crippen molar-refractivity contribution in [3.8, 4) is 0 Å². The molecule has 3 unspecified atom stereocenters. The second-order valence-corrected chi connectivity index (χ2v) is 7.94. The summed E-state index contributed by atoms with van der Waals surface area (Å²) in [5, 5.41) is -0.114. The minimum absolute atomic E-state index is 0.0373. The van der Waals surface area contributed by atoms with Crippen molar-refractivity contribution < 1.29 is 8.42 Å². The van der Waals surface area contributed by atoms with Crippen molar-refractivity contribution in [1.29, 1.82) is 0 Å². The minimum Gasteiger partial charge on any atom is -0.326 e. The lowest BCUT2D eigenvalue weighted by molar-refractivity contribution is 0.157. The van der Waals surface area contributed by atoms with Crippen LogP contribution in [0.2, 0.25) is 5.02 Å². The molecular weight excluding hydrogens is 300 g/mol. The number of aromatic nitrogens is 1. The van der Waals surface area contributed by atoms with E-state index in [2.05, 4.69) is 11.9 Å². The Labute approximate surface area is 124 Å². The van der Waals surface area contributed by atoms with Gasteiger partial charge >= 0.3 is 0 Å². The monoisotopic (exact) mass is 318 g/mol. The van der Waals surface area contributed by atoms with Gasteiger partial charge in [-0.2, -0.15) is 4.31 Å². The number of aromatic amines is 1. The quantitative estimate of drug-likeness (QED) is 0.907. The second kappa shape index (κ2) is 5.50. The molecule has 1 aromatic heterocycles. The Hall–Kier alpha value is -0.850. The van der Waals surface area contributed by atoms with Crippen LogP contribution in [0.3, 0.4) is 0 Å². The molecule has 20 heavy (non-hydrogen) atoms. The highest BCUT2D eigenvalue weighted by atomic mass is 35.5. The van der Waals surface area contributed by atoms with Crippen molar-refractivity contribution in [2.75, 3.05) is 6.54 Å². The lowest BCUT2D eigenvalue weighted by Crippen LogP contribution is -2.48. The largest absolute Gasteiger partial charge is 0.326 e. The van der Waals surface area contributed by atoms with E-state index in [-0.39, 0.29) is 16.0 Å². The van der Waals surface area contributed by atoms with Gasteiger partial charge in [-0.3, -0.25) is 4.79 Å². The number of hydrogen-bond donors (Lipinski definition) is 1. The van der Waals surface area contributed by atoms with E-state index < -0.39 is 15.6 Å². The van der Waals surface area contributed by atoms with Crippen molar-refractivity contribution in [1.82, 2.24) is 9.29 Å². The molecule has 5 nitrogen and oxygen atoms in total. The van der Waals surface area contributed by atoms with Crippen LogP contribution in [0.5, 0.6) is 0 Å². The van der Waals surface area contributed by atoms with E-state index in [1.54, 1.807) is 0 Å². The molecule has 2 heterocycles. The summed E-state index contributed by atoms with van der Waals surface area (Å²) < 4.78 is 26.9.